The largest absolute Gasteiger partial charge is 0.454 e. The Bertz CT molecular complexity index is 1300. The van der Waals surface area contributed by atoms with Gasteiger partial charge in [0.1, 0.15) is 0 Å². The lowest BCUT2D eigenvalue weighted by molar-refractivity contribution is 0.174. The Morgan fingerprint density at radius 1 is 1.17 bits per heavy atom. The van der Waals surface area contributed by atoms with E-state index in [1.165, 1.54) is 16.3 Å². The molecule has 0 aliphatic carbocycles. The van der Waals surface area contributed by atoms with Crippen molar-refractivity contribution in [3.8, 4) is 22.9 Å². The molecule has 0 atom stereocenters. The minimum atomic E-state index is -0.157. The maximum atomic E-state index is 12.7. The predicted octanol–water partition coefficient (Wildman–Crippen LogP) is 3.77. The first-order chi connectivity index (χ1) is 14.1. The second-order valence-corrected chi connectivity index (χ2v) is 8.06. The fourth-order valence-corrected chi connectivity index (χ4v) is 4.23. The zero-order valence-corrected chi connectivity index (χ0v) is 17.5. The van der Waals surface area contributed by atoms with Crippen LogP contribution in [0.15, 0.2) is 55.3 Å². The Balaban J connectivity index is 1.43. The maximum absolute atomic E-state index is 12.7. The van der Waals surface area contributed by atoms with E-state index in [-0.39, 0.29) is 12.4 Å². The zero-order chi connectivity index (χ0) is 20.0. The summed E-state index contributed by atoms with van der Waals surface area (Å²) in [6.07, 6.45) is 0. The minimum Gasteiger partial charge on any atom is -0.454 e. The van der Waals surface area contributed by atoms with Gasteiger partial charge in [-0.05, 0) is 18.2 Å². The average molecular weight is 473 g/mol. The van der Waals surface area contributed by atoms with Gasteiger partial charge in [0.15, 0.2) is 16.7 Å². The molecule has 1 aliphatic rings. The van der Waals surface area contributed by atoms with Crippen LogP contribution in [0.3, 0.4) is 0 Å². The van der Waals surface area contributed by atoms with Gasteiger partial charge in [-0.25, -0.2) is 4.98 Å². The molecule has 2 aromatic carbocycles. The minimum absolute atomic E-state index is 0.143. The fraction of sp³-hybridized carbons (Fsp3) is 0.158. The highest BCUT2D eigenvalue weighted by atomic mass is 79.9. The summed E-state index contributed by atoms with van der Waals surface area (Å²) < 4.78 is 18.5. The Labute approximate surface area is 177 Å². The van der Waals surface area contributed by atoms with Crippen molar-refractivity contribution in [1.82, 2.24) is 19.7 Å². The molecule has 0 N–H and O–H groups in total. The summed E-state index contributed by atoms with van der Waals surface area (Å²) >= 11 is 4.83. The Hall–Kier alpha value is -2.85. The maximum Gasteiger partial charge on any atom is 0.261 e. The van der Waals surface area contributed by atoms with Gasteiger partial charge in [-0.2, -0.15) is 4.98 Å². The first-order valence-electron chi connectivity index (χ1n) is 8.61. The van der Waals surface area contributed by atoms with Crippen molar-refractivity contribution in [1.29, 1.82) is 0 Å². The van der Waals surface area contributed by atoms with Crippen molar-refractivity contribution in [2.45, 2.75) is 10.9 Å². The van der Waals surface area contributed by atoms with Crippen molar-refractivity contribution >= 4 is 38.6 Å². The van der Waals surface area contributed by atoms with Crippen LogP contribution in [0.2, 0.25) is 0 Å². The number of ether oxygens (including phenoxy) is 2. The van der Waals surface area contributed by atoms with Crippen LogP contribution in [0.5, 0.6) is 11.5 Å². The van der Waals surface area contributed by atoms with E-state index < -0.39 is 0 Å². The van der Waals surface area contributed by atoms with Crippen molar-refractivity contribution in [3.05, 3.63) is 57.1 Å². The van der Waals surface area contributed by atoms with Crippen LogP contribution in [0.4, 0.5) is 0 Å². The lowest BCUT2D eigenvalue weighted by atomic mass is 10.2. The van der Waals surface area contributed by atoms with E-state index in [0.717, 1.165) is 10.0 Å². The number of rotatable bonds is 4. The van der Waals surface area contributed by atoms with Crippen molar-refractivity contribution in [2.24, 2.45) is 7.05 Å². The van der Waals surface area contributed by atoms with E-state index in [1.807, 2.05) is 24.3 Å². The molecule has 0 saturated carbocycles. The molecular formula is C19H13BrN4O4S. The van der Waals surface area contributed by atoms with Crippen LogP contribution in [-0.4, -0.2) is 26.5 Å². The molecule has 10 heteroatoms. The first-order valence-corrected chi connectivity index (χ1v) is 10.4. The lowest BCUT2D eigenvalue weighted by Crippen LogP contribution is -2.20. The molecule has 0 spiro atoms. The molecule has 0 unspecified atom stereocenters. The molecule has 4 aromatic rings. The van der Waals surface area contributed by atoms with Gasteiger partial charge in [-0.3, -0.25) is 9.36 Å². The molecule has 146 valence electrons. The third kappa shape index (κ3) is 3.28. The number of thioether (sulfide) groups is 1. The average Bonchev–Trinajstić information content (AvgIpc) is 3.38. The number of benzene rings is 2. The molecule has 3 heterocycles. The van der Waals surface area contributed by atoms with E-state index in [2.05, 4.69) is 31.1 Å². The van der Waals surface area contributed by atoms with Gasteiger partial charge in [0.05, 0.1) is 16.7 Å². The summed E-state index contributed by atoms with van der Waals surface area (Å²) in [6, 6.07) is 11.0. The first kappa shape index (κ1) is 18.2. The van der Waals surface area contributed by atoms with Gasteiger partial charge < -0.3 is 14.0 Å². The SMILES string of the molecule is Cn1c(SCc2nc(-c3ccccc3Br)no2)nc2cc3c(cc2c1=O)OCO3. The van der Waals surface area contributed by atoms with Crippen molar-refractivity contribution in [2.75, 3.05) is 6.79 Å². The summed E-state index contributed by atoms with van der Waals surface area (Å²) in [5.74, 6) is 2.47. The monoisotopic (exact) mass is 472 g/mol. The number of nitrogens with zero attached hydrogens (tertiary/aromatic N) is 4. The Kier molecular flexibility index (Phi) is 4.51. The van der Waals surface area contributed by atoms with E-state index in [9.17, 15) is 4.79 Å². The number of hydrogen-bond acceptors (Lipinski definition) is 8. The van der Waals surface area contributed by atoms with E-state index >= 15 is 0 Å². The Morgan fingerprint density at radius 2 is 1.97 bits per heavy atom. The van der Waals surface area contributed by atoms with E-state index in [1.54, 1.807) is 19.2 Å². The number of halogens is 1. The molecule has 0 saturated heterocycles. The predicted molar refractivity (Wildman–Crippen MR) is 110 cm³/mol. The topological polar surface area (TPSA) is 92.3 Å². The lowest BCUT2D eigenvalue weighted by Gasteiger charge is -2.08. The van der Waals surface area contributed by atoms with Crippen LogP contribution in [0.1, 0.15) is 5.89 Å². The molecule has 0 bridgehead atoms. The second-order valence-electron chi connectivity index (χ2n) is 6.26. The second kappa shape index (κ2) is 7.20. The van der Waals surface area contributed by atoms with E-state index in [4.69, 9.17) is 14.0 Å². The van der Waals surface area contributed by atoms with Gasteiger partial charge in [-0.1, -0.05) is 45.0 Å². The summed E-state index contributed by atoms with van der Waals surface area (Å²) in [6.45, 7) is 0.143. The van der Waals surface area contributed by atoms with Gasteiger partial charge in [0, 0.05) is 23.2 Å². The highest BCUT2D eigenvalue weighted by molar-refractivity contribution is 9.10. The number of aromatic nitrogens is 4. The quantitative estimate of drug-likeness (QED) is 0.327. The van der Waals surface area contributed by atoms with Gasteiger partial charge in [0.2, 0.25) is 18.5 Å². The third-order valence-corrected chi connectivity index (χ3v) is 6.14. The van der Waals surface area contributed by atoms with Crippen LogP contribution in [-0.2, 0) is 12.8 Å². The molecule has 5 rings (SSSR count). The molecule has 0 amide bonds. The van der Waals surface area contributed by atoms with Gasteiger partial charge >= 0.3 is 0 Å². The number of fused-ring (bicyclic) bond motifs is 2. The van der Waals surface area contributed by atoms with Crippen LogP contribution >= 0.6 is 27.7 Å². The van der Waals surface area contributed by atoms with E-state index in [0.29, 0.717) is 45.0 Å². The summed E-state index contributed by atoms with van der Waals surface area (Å²) in [5, 5.41) is 5.07. The summed E-state index contributed by atoms with van der Waals surface area (Å²) in [5.41, 5.74) is 1.24. The molecule has 29 heavy (non-hydrogen) atoms. The van der Waals surface area contributed by atoms with Gasteiger partial charge in [0.25, 0.3) is 5.56 Å². The van der Waals surface area contributed by atoms with Crippen LogP contribution in [0.25, 0.3) is 22.3 Å². The highest BCUT2D eigenvalue weighted by Crippen LogP contribution is 2.35. The van der Waals surface area contributed by atoms with Crippen LogP contribution in [0, 0.1) is 0 Å². The normalized spacial score (nSPS) is 12.6. The molecular weight excluding hydrogens is 460 g/mol. The number of hydrogen-bond donors (Lipinski definition) is 0. The summed E-state index contributed by atoms with van der Waals surface area (Å²) in [4.78, 5) is 21.8. The van der Waals surface area contributed by atoms with Crippen molar-refractivity contribution < 1.29 is 14.0 Å². The highest BCUT2D eigenvalue weighted by Gasteiger charge is 2.19. The molecule has 1 aliphatic heterocycles. The van der Waals surface area contributed by atoms with Gasteiger partial charge in [-0.15, -0.1) is 0 Å². The zero-order valence-electron chi connectivity index (χ0n) is 15.1. The smallest absolute Gasteiger partial charge is 0.261 e. The summed E-state index contributed by atoms with van der Waals surface area (Å²) in [7, 11) is 1.68. The molecule has 0 radical (unpaired) electrons. The van der Waals surface area contributed by atoms with Crippen molar-refractivity contribution in [3.63, 3.8) is 0 Å². The Morgan fingerprint density at radius 3 is 2.79 bits per heavy atom. The molecule has 0 fully saturated rings. The third-order valence-electron chi connectivity index (χ3n) is 4.44. The standard InChI is InChI=1S/C19H13BrN4O4S/c1-24-18(25)11-6-14-15(27-9-26-14)7-13(11)21-19(24)29-8-16-22-17(23-28-16)10-4-2-3-5-12(10)20/h2-7H,8-9H2,1H3. The fourth-order valence-electron chi connectivity index (χ4n) is 2.96. The molecule has 8 nitrogen and oxygen atoms in total. The van der Waals surface area contributed by atoms with Crippen LogP contribution < -0.4 is 15.0 Å². The molecule has 2 aromatic heterocycles.